The van der Waals surface area contributed by atoms with Gasteiger partial charge in [0.2, 0.25) is 10.0 Å². The molecule has 0 aromatic heterocycles. The van der Waals surface area contributed by atoms with Crippen LogP contribution in [0, 0.1) is 0 Å². The summed E-state index contributed by atoms with van der Waals surface area (Å²) >= 11 is 0. The zero-order valence-electron chi connectivity index (χ0n) is 20.0. The number of benzene rings is 2. The highest BCUT2D eigenvalue weighted by molar-refractivity contribution is 7.89. The Labute approximate surface area is 197 Å². The Hall–Kier alpha value is -2.58. The van der Waals surface area contributed by atoms with E-state index in [0.717, 1.165) is 30.4 Å². The summed E-state index contributed by atoms with van der Waals surface area (Å²) < 4.78 is 33.3. The maximum atomic E-state index is 13.2. The van der Waals surface area contributed by atoms with Crippen LogP contribution in [0.1, 0.15) is 51.7 Å². The molecule has 0 atom stereocenters. The number of unbranched alkanes of at least 4 members (excludes halogenated alkanes) is 1. The van der Waals surface area contributed by atoms with Gasteiger partial charge in [0.25, 0.3) is 0 Å². The maximum absolute atomic E-state index is 13.2. The first-order valence-electron chi connectivity index (χ1n) is 11.4. The molecule has 0 radical (unpaired) electrons. The Kier molecular flexibility index (Phi) is 7.69. The second-order valence-corrected chi connectivity index (χ2v) is 11.4. The van der Waals surface area contributed by atoms with Gasteiger partial charge in [-0.2, -0.15) is 4.31 Å². The van der Waals surface area contributed by atoms with Crippen LogP contribution < -0.4 is 5.73 Å². The number of anilines is 1. The minimum atomic E-state index is -3.73. The third kappa shape index (κ3) is 5.86. The molecule has 2 aromatic carbocycles. The second-order valence-electron chi connectivity index (χ2n) is 9.53. The first-order valence-corrected chi connectivity index (χ1v) is 12.9. The van der Waals surface area contributed by atoms with E-state index in [1.165, 1.54) is 4.31 Å². The zero-order valence-corrected chi connectivity index (χ0v) is 20.8. The number of nitrogens with zero attached hydrogens (tertiary/aromatic N) is 2. The van der Waals surface area contributed by atoms with Gasteiger partial charge in [0.05, 0.1) is 11.7 Å². The van der Waals surface area contributed by atoms with Gasteiger partial charge >= 0.3 is 6.09 Å². The van der Waals surface area contributed by atoms with E-state index in [4.69, 9.17) is 10.5 Å². The van der Waals surface area contributed by atoms with Crippen LogP contribution in [0.15, 0.2) is 53.4 Å². The summed E-state index contributed by atoms with van der Waals surface area (Å²) in [6.45, 7) is 8.44. The average molecular weight is 474 g/mol. The van der Waals surface area contributed by atoms with E-state index in [-0.39, 0.29) is 36.3 Å². The number of amides is 1. The van der Waals surface area contributed by atoms with Crippen molar-refractivity contribution in [3.63, 3.8) is 0 Å². The summed E-state index contributed by atoms with van der Waals surface area (Å²) in [5.74, 6) is 0. The van der Waals surface area contributed by atoms with Gasteiger partial charge in [-0.3, -0.25) is 4.90 Å². The average Bonchev–Trinajstić information content (AvgIpc) is 2.72. The van der Waals surface area contributed by atoms with Gasteiger partial charge < -0.3 is 10.5 Å². The van der Waals surface area contributed by atoms with E-state index in [1.54, 1.807) is 17.0 Å². The van der Waals surface area contributed by atoms with Crippen LogP contribution in [-0.4, -0.2) is 48.4 Å². The van der Waals surface area contributed by atoms with Gasteiger partial charge in [0.1, 0.15) is 11.5 Å². The van der Waals surface area contributed by atoms with E-state index in [9.17, 15) is 13.2 Å². The Morgan fingerprint density at radius 1 is 1.12 bits per heavy atom. The SMILES string of the molecule is CCCCc1ccc(S(=O)(=O)N2CC(N(C(=O)OCc3ccccc3)C(C)(C)C)C2)c(N)c1. The summed E-state index contributed by atoms with van der Waals surface area (Å²) in [7, 11) is -3.73. The largest absolute Gasteiger partial charge is 0.445 e. The van der Waals surface area contributed by atoms with Gasteiger partial charge in [0, 0.05) is 18.6 Å². The molecule has 7 nitrogen and oxygen atoms in total. The van der Waals surface area contributed by atoms with Crippen LogP contribution in [0.3, 0.4) is 0 Å². The van der Waals surface area contributed by atoms with Crippen LogP contribution in [0.25, 0.3) is 0 Å². The van der Waals surface area contributed by atoms with Crippen molar-refractivity contribution in [1.82, 2.24) is 9.21 Å². The normalized spacial score (nSPS) is 15.2. The molecule has 180 valence electrons. The van der Waals surface area contributed by atoms with Crippen LogP contribution in [0.2, 0.25) is 0 Å². The summed E-state index contributed by atoms with van der Waals surface area (Å²) in [4.78, 5) is 14.7. The Bertz CT molecular complexity index is 1060. The van der Waals surface area contributed by atoms with Crippen molar-refractivity contribution in [1.29, 1.82) is 0 Å². The van der Waals surface area contributed by atoms with Crippen molar-refractivity contribution in [2.75, 3.05) is 18.8 Å². The molecule has 2 aromatic rings. The highest BCUT2D eigenvalue weighted by atomic mass is 32.2. The molecule has 33 heavy (non-hydrogen) atoms. The maximum Gasteiger partial charge on any atom is 0.410 e. The number of nitrogens with two attached hydrogens (primary N) is 1. The third-order valence-corrected chi connectivity index (χ3v) is 7.74. The van der Waals surface area contributed by atoms with Gasteiger partial charge in [-0.25, -0.2) is 13.2 Å². The molecular formula is C25H35N3O4S. The molecule has 1 amide bonds. The lowest BCUT2D eigenvalue weighted by Gasteiger charge is -2.48. The van der Waals surface area contributed by atoms with Crippen molar-refractivity contribution in [3.8, 4) is 0 Å². The fraction of sp³-hybridized carbons (Fsp3) is 0.480. The van der Waals surface area contributed by atoms with Gasteiger partial charge in [-0.1, -0.05) is 49.7 Å². The van der Waals surface area contributed by atoms with Crippen LogP contribution in [0.5, 0.6) is 0 Å². The third-order valence-electron chi connectivity index (χ3n) is 5.83. The van der Waals surface area contributed by atoms with E-state index in [0.29, 0.717) is 0 Å². The summed E-state index contributed by atoms with van der Waals surface area (Å²) in [6.07, 6.45) is 2.52. The Balaban J connectivity index is 1.68. The summed E-state index contributed by atoms with van der Waals surface area (Å²) in [5.41, 5.74) is 7.79. The zero-order chi connectivity index (χ0) is 24.2. The fourth-order valence-electron chi connectivity index (χ4n) is 4.04. The minimum absolute atomic E-state index is 0.121. The molecule has 0 spiro atoms. The van der Waals surface area contributed by atoms with Crippen LogP contribution in [-0.2, 0) is 27.8 Å². The van der Waals surface area contributed by atoms with Crippen LogP contribution in [0.4, 0.5) is 10.5 Å². The number of carbonyl (C=O) groups is 1. The minimum Gasteiger partial charge on any atom is -0.445 e. The molecule has 1 heterocycles. The molecule has 0 aliphatic carbocycles. The predicted molar refractivity (Wildman–Crippen MR) is 130 cm³/mol. The number of rotatable bonds is 8. The first-order chi connectivity index (χ1) is 15.5. The molecule has 1 fully saturated rings. The predicted octanol–water partition coefficient (Wildman–Crippen LogP) is 4.42. The van der Waals surface area contributed by atoms with Crippen molar-refractivity contribution < 1.29 is 17.9 Å². The summed E-state index contributed by atoms with van der Waals surface area (Å²) in [5, 5.41) is 0. The number of carbonyl (C=O) groups excluding carboxylic acids is 1. The van der Waals surface area contributed by atoms with Crippen molar-refractivity contribution in [3.05, 3.63) is 59.7 Å². The van der Waals surface area contributed by atoms with Gasteiger partial charge in [-0.05, 0) is 56.9 Å². The van der Waals surface area contributed by atoms with E-state index < -0.39 is 21.7 Å². The van der Waals surface area contributed by atoms with Crippen molar-refractivity contribution >= 4 is 21.8 Å². The molecule has 0 bridgehead atoms. The molecule has 3 rings (SSSR count). The number of aryl methyl sites for hydroxylation is 1. The number of ether oxygens (including phenoxy) is 1. The summed E-state index contributed by atoms with van der Waals surface area (Å²) in [6, 6.07) is 14.4. The topological polar surface area (TPSA) is 92.9 Å². The number of sulfonamides is 1. The highest BCUT2D eigenvalue weighted by Gasteiger charge is 2.45. The lowest BCUT2D eigenvalue weighted by Crippen LogP contribution is -2.66. The van der Waals surface area contributed by atoms with E-state index in [2.05, 4.69) is 6.92 Å². The Morgan fingerprint density at radius 3 is 2.36 bits per heavy atom. The molecule has 0 unspecified atom stereocenters. The lowest BCUT2D eigenvalue weighted by atomic mass is 10.0. The monoisotopic (exact) mass is 473 g/mol. The second kappa shape index (κ2) is 10.1. The molecular weight excluding hydrogens is 438 g/mol. The fourth-order valence-corrected chi connectivity index (χ4v) is 5.66. The highest BCUT2D eigenvalue weighted by Crippen LogP contribution is 2.31. The van der Waals surface area contributed by atoms with Crippen LogP contribution >= 0.6 is 0 Å². The lowest BCUT2D eigenvalue weighted by molar-refractivity contribution is 0.00582. The van der Waals surface area contributed by atoms with Gasteiger partial charge in [-0.15, -0.1) is 0 Å². The number of hydrogen-bond donors (Lipinski definition) is 1. The standard InChI is InChI=1S/C25H35N3O4S/c1-5-6-10-19-13-14-23(22(26)15-19)33(30,31)27-16-21(17-27)28(25(2,3)4)24(29)32-18-20-11-8-7-9-12-20/h7-9,11-15,21H,5-6,10,16-18,26H2,1-4H3. The van der Waals surface area contributed by atoms with E-state index >= 15 is 0 Å². The molecule has 1 aliphatic rings. The molecule has 1 aliphatic heterocycles. The Morgan fingerprint density at radius 2 is 1.79 bits per heavy atom. The smallest absolute Gasteiger partial charge is 0.410 e. The van der Waals surface area contributed by atoms with Crippen molar-refractivity contribution in [2.24, 2.45) is 0 Å². The molecule has 2 N–H and O–H groups in total. The molecule has 8 heteroatoms. The molecule has 0 saturated carbocycles. The quantitative estimate of drug-likeness (QED) is 0.573. The first kappa shape index (κ1) is 25.1. The van der Waals surface area contributed by atoms with E-state index in [1.807, 2.05) is 57.2 Å². The number of nitrogen functional groups attached to an aromatic ring is 1. The molecule has 1 saturated heterocycles. The number of hydrogen-bond acceptors (Lipinski definition) is 5. The van der Waals surface area contributed by atoms with Gasteiger partial charge in [0.15, 0.2) is 0 Å². The van der Waals surface area contributed by atoms with Crippen molar-refractivity contribution in [2.45, 2.75) is 70.0 Å².